The quantitative estimate of drug-likeness (QED) is 0.690. The fraction of sp³-hybridized carbons (Fsp3) is 0.600. The van der Waals surface area contributed by atoms with Gasteiger partial charge in [0.15, 0.2) is 5.69 Å². The number of carbonyl (C=O) groups is 2. The number of hydrogen-bond donors (Lipinski definition) is 2. The Morgan fingerprint density at radius 2 is 2.22 bits per heavy atom. The molecule has 0 fully saturated rings. The van der Waals surface area contributed by atoms with Crippen molar-refractivity contribution in [1.29, 1.82) is 0 Å². The molecule has 1 unspecified atom stereocenters. The zero-order chi connectivity index (χ0) is 13.7. The molecule has 1 amide bonds. The van der Waals surface area contributed by atoms with E-state index in [0.29, 0.717) is 13.0 Å². The highest BCUT2D eigenvalue weighted by Gasteiger charge is 2.16. The molecule has 8 nitrogen and oxygen atoms in total. The molecule has 18 heavy (non-hydrogen) atoms. The standard InChI is InChI=1S/C10H16N4O4/c1-7(15)3-4-13(2)10(18)8-5-14(12-11-8)6-9(16)17/h5,7,15H,3-4,6H2,1-2H3,(H,16,17). The number of aliphatic hydroxyl groups is 1. The van der Waals surface area contributed by atoms with Gasteiger partial charge in [-0.15, -0.1) is 5.10 Å². The average molecular weight is 256 g/mol. The van der Waals surface area contributed by atoms with Gasteiger partial charge in [0.05, 0.1) is 12.3 Å². The summed E-state index contributed by atoms with van der Waals surface area (Å²) >= 11 is 0. The molecule has 8 heteroatoms. The van der Waals surface area contributed by atoms with Gasteiger partial charge in [-0.1, -0.05) is 5.21 Å². The molecule has 0 aliphatic carbocycles. The summed E-state index contributed by atoms with van der Waals surface area (Å²) in [6.07, 6.45) is 1.27. The van der Waals surface area contributed by atoms with Gasteiger partial charge >= 0.3 is 5.97 Å². The van der Waals surface area contributed by atoms with E-state index >= 15 is 0 Å². The lowest BCUT2D eigenvalue weighted by Crippen LogP contribution is -2.29. The highest BCUT2D eigenvalue weighted by Crippen LogP contribution is 2.01. The number of aromatic nitrogens is 3. The monoisotopic (exact) mass is 256 g/mol. The number of carbonyl (C=O) groups excluding carboxylic acids is 1. The summed E-state index contributed by atoms with van der Waals surface area (Å²) in [6.45, 7) is 1.70. The molecule has 0 aliphatic rings. The molecule has 1 atom stereocenters. The number of carboxylic acids is 1. The van der Waals surface area contributed by atoms with Crippen molar-refractivity contribution in [2.75, 3.05) is 13.6 Å². The highest BCUT2D eigenvalue weighted by atomic mass is 16.4. The van der Waals surface area contributed by atoms with Crippen LogP contribution in [0.5, 0.6) is 0 Å². The van der Waals surface area contributed by atoms with Crippen LogP contribution in [0.15, 0.2) is 6.20 Å². The van der Waals surface area contributed by atoms with Crippen molar-refractivity contribution in [3.63, 3.8) is 0 Å². The maximum atomic E-state index is 11.8. The normalized spacial score (nSPS) is 12.2. The van der Waals surface area contributed by atoms with Crippen LogP contribution in [-0.4, -0.2) is 61.7 Å². The van der Waals surface area contributed by atoms with Crippen LogP contribution in [0.1, 0.15) is 23.8 Å². The Morgan fingerprint density at radius 1 is 1.56 bits per heavy atom. The van der Waals surface area contributed by atoms with Gasteiger partial charge in [0.25, 0.3) is 5.91 Å². The maximum absolute atomic E-state index is 11.8. The van der Waals surface area contributed by atoms with E-state index < -0.39 is 12.1 Å². The molecular formula is C10H16N4O4. The first-order valence-electron chi connectivity index (χ1n) is 5.45. The van der Waals surface area contributed by atoms with Crippen molar-refractivity contribution in [3.05, 3.63) is 11.9 Å². The van der Waals surface area contributed by atoms with Crippen LogP contribution in [0.3, 0.4) is 0 Å². The SMILES string of the molecule is CC(O)CCN(C)C(=O)c1cn(CC(=O)O)nn1. The molecule has 1 rings (SSSR count). The summed E-state index contributed by atoms with van der Waals surface area (Å²) in [4.78, 5) is 23.7. The minimum atomic E-state index is -1.05. The fourth-order valence-electron chi connectivity index (χ4n) is 1.29. The van der Waals surface area contributed by atoms with Crippen LogP contribution < -0.4 is 0 Å². The number of rotatable bonds is 6. The second-order valence-corrected chi connectivity index (χ2v) is 4.06. The van der Waals surface area contributed by atoms with Gasteiger partial charge in [-0.25, -0.2) is 4.68 Å². The van der Waals surface area contributed by atoms with Gasteiger partial charge in [-0.3, -0.25) is 9.59 Å². The Kier molecular flexibility index (Phi) is 4.78. The summed E-state index contributed by atoms with van der Waals surface area (Å²) in [5.41, 5.74) is 0.0874. The van der Waals surface area contributed by atoms with Gasteiger partial charge in [-0.2, -0.15) is 0 Å². The van der Waals surface area contributed by atoms with Crippen molar-refractivity contribution < 1.29 is 19.8 Å². The predicted molar refractivity (Wildman–Crippen MR) is 60.9 cm³/mol. The van der Waals surface area contributed by atoms with E-state index in [0.717, 1.165) is 4.68 Å². The van der Waals surface area contributed by atoms with Crippen molar-refractivity contribution in [2.24, 2.45) is 0 Å². The molecule has 0 spiro atoms. The Morgan fingerprint density at radius 3 is 2.78 bits per heavy atom. The van der Waals surface area contributed by atoms with Crippen molar-refractivity contribution in [3.8, 4) is 0 Å². The molecule has 1 aromatic rings. The molecule has 0 saturated heterocycles. The average Bonchev–Trinajstić information content (AvgIpc) is 2.72. The third-order valence-corrected chi connectivity index (χ3v) is 2.28. The molecule has 0 aliphatic heterocycles. The van der Waals surface area contributed by atoms with Crippen LogP contribution in [-0.2, 0) is 11.3 Å². The first-order chi connectivity index (χ1) is 8.40. The Balaban J connectivity index is 2.60. The molecule has 2 N–H and O–H groups in total. The minimum Gasteiger partial charge on any atom is -0.480 e. The van der Waals surface area contributed by atoms with Crippen LogP contribution >= 0.6 is 0 Å². The van der Waals surface area contributed by atoms with E-state index in [1.54, 1.807) is 14.0 Å². The largest absolute Gasteiger partial charge is 0.480 e. The number of nitrogens with zero attached hydrogens (tertiary/aromatic N) is 4. The molecule has 0 aromatic carbocycles. The summed E-state index contributed by atoms with van der Waals surface area (Å²) in [5.74, 6) is -1.41. The lowest BCUT2D eigenvalue weighted by Gasteiger charge is -2.16. The summed E-state index contributed by atoms with van der Waals surface area (Å²) in [5, 5.41) is 24.8. The number of amides is 1. The second-order valence-electron chi connectivity index (χ2n) is 4.06. The first-order valence-corrected chi connectivity index (χ1v) is 5.45. The molecular weight excluding hydrogens is 240 g/mol. The lowest BCUT2D eigenvalue weighted by molar-refractivity contribution is -0.137. The smallest absolute Gasteiger partial charge is 0.325 e. The topological polar surface area (TPSA) is 109 Å². The van der Waals surface area contributed by atoms with Gasteiger partial charge in [-0.05, 0) is 13.3 Å². The van der Waals surface area contributed by atoms with Crippen LogP contribution in [0.25, 0.3) is 0 Å². The second kappa shape index (κ2) is 6.10. The van der Waals surface area contributed by atoms with E-state index in [-0.39, 0.29) is 18.1 Å². The van der Waals surface area contributed by atoms with Gasteiger partial charge in [0, 0.05) is 13.6 Å². The van der Waals surface area contributed by atoms with Crippen molar-refractivity contribution in [2.45, 2.75) is 26.0 Å². The molecule has 100 valence electrons. The summed E-state index contributed by atoms with van der Waals surface area (Å²) in [7, 11) is 1.58. The van der Waals surface area contributed by atoms with Gasteiger partial charge in [0.1, 0.15) is 6.54 Å². The zero-order valence-corrected chi connectivity index (χ0v) is 10.3. The summed E-state index contributed by atoms with van der Waals surface area (Å²) < 4.78 is 1.08. The van der Waals surface area contributed by atoms with Crippen molar-refractivity contribution >= 4 is 11.9 Å². The third kappa shape index (κ3) is 4.13. The van der Waals surface area contributed by atoms with E-state index in [4.69, 9.17) is 10.2 Å². The number of aliphatic carboxylic acids is 1. The lowest BCUT2D eigenvalue weighted by atomic mass is 10.2. The Bertz CT molecular complexity index is 429. The molecule has 0 radical (unpaired) electrons. The molecule has 1 aromatic heterocycles. The van der Waals surface area contributed by atoms with E-state index in [1.165, 1.54) is 11.1 Å². The van der Waals surface area contributed by atoms with Crippen LogP contribution in [0, 0.1) is 0 Å². The van der Waals surface area contributed by atoms with E-state index in [2.05, 4.69) is 10.3 Å². The Labute approximate surface area is 104 Å². The number of aliphatic hydroxyl groups excluding tert-OH is 1. The number of carboxylic acid groups (broad SMARTS) is 1. The highest BCUT2D eigenvalue weighted by molar-refractivity contribution is 5.91. The first kappa shape index (κ1) is 14.1. The van der Waals surface area contributed by atoms with Crippen LogP contribution in [0.2, 0.25) is 0 Å². The summed E-state index contributed by atoms with van der Waals surface area (Å²) in [6, 6.07) is 0. The minimum absolute atomic E-state index is 0.0874. The molecule has 1 heterocycles. The predicted octanol–water partition coefficient (Wildman–Crippen LogP) is -0.794. The molecule has 0 saturated carbocycles. The fourth-order valence-corrected chi connectivity index (χ4v) is 1.29. The van der Waals surface area contributed by atoms with Crippen LogP contribution in [0.4, 0.5) is 0 Å². The van der Waals surface area contributed by atoms with E-state index in [1.807, 2.05) is 0 Å². The zero-order valence-electron chi connectivity index (χ0n) is 10.3. The number of hydrogen-bond acceptors (Lipinski definition) is 5. The third-order valence-electron chi connectivity index (χ3n) is 2.28. The van der Waals surface area contributed by atoms with Gasteiger partial charge in [0.2, 0.25) is 0 Å². The Hall–Kier alpha value is -1.96. The maximum Gasteiger partial charge on any atom is 0.325 e. The molecule has 0 bridgehead atoms. The van der Waals surface area contributed by atoms with E-state index in [9.17, 15) is 9.59 Å². The van der Waals surface area contributed by atoms with Gasteiger partial charge < -0.3 is 15.1 Å². The van der Waals surface area contributed by atoms with Crippen molar-refractivity contribution in [1.82, 2.24) is 19.9 Å².